The van der Waals surface area contributed by atoms with Crippen LogP contribution in [0.25, 0.3) is 0 Å². The van der Waals surface area contributed by atoms with Gasteiger partial charge in [-0.15, -0.1) is 0 Å². The molecule has 3 rings (SSSR count). The van der Waals surface area contributed by atoms with E-state index in [1.165, 1.54) is 6.07 Å². The second kappa shape index (κ2) is 6.89. The number of carbonyl (C=O) groups is 1. The van der Waals surface area contributed by atoms with Crippen molar-refractivity contribution in [2.75, 3.05) is 19.7 Å². The van der Waals surface area contributed by atoms with Gasteiger partial charge in [-0.1, -0.05) is 30.3 Å². The van der Waals surface area contributed by atoms with E-state index in [-0.39, 0.29) is 17.5 Å². The Labute approximate surface area is 134 Å². The number of halogens is 1. The first-order valence-corrected chi connectivity index (χ1v) is 7.54. The van der Waals surface area contributed by atoms with E-state index in [0.717, 1.165) is 12.1 Å². The molecule has 0 radical (unpaired) electrons. The number of aromatic carboxylic acids is 1. The Morgan fingerprint density at radius 3 is 2.65 bits per heavy atom. The fourth-order valence-electron chi connectivity index (χ4n) is 2.78. The zero-order valence-electron chi connectivity index (χ0n) is 12.6. The fraction of sp³-hybridized carbons (Fsp3) is 0.278. The lowest BCUT2D eigenvalue weighted by molar-refractivity contribution is -0.0344. The molecule has 1 fully saturated rings. The number of carboxylic acids is 1. The van der Waals surface area contributed by atoms with Gasteiger partial charge in [-0.3, -0.25) is 4.90 Å². The van der Waals surface area contributed by atoms with Gasteiger partial charge in [0.1, 0.15) is 5.82 Å². The van der Waals surface area contributed by atoms with Gasteiger partial charge in [0.2, 0.25) is 0 Å². The van der Waals surface area contributed by atoms with E-state index in [9.17, 15) is 9.18 Å². The standard InChI is InChI=1S/C18H18FNO3/c19-16-4-2-1-3-15(16)17-12-20(9-10-23-17)11-13-5-7-14(8-6-13)18(21)22/h1-8,17H,9-12H2,(H,21,22). The monoisotopic (exact) mass is 315 g/mol. The average Bonchev–Trinajstić information content (AvgIpc) is 2.56. The van der Waals surface area contributed by atoms with E-state index in [0.29, 0.717) is 25.3 Å². The normalized spacial score (nSPS) is 18.7. The molecule has 1 N–H and O–H groups in total. The molecule has 1 saturated heterocycles. The van der Waals surface area contributed by atoms with Gasteiger partial charge in [0.25, 0.3) is 0 Å². The van der Waals surface area contributed by atoms with E-state index in [1.54, 1.807) is 24.3 Å². The molecule has 0 amide bonds. The Balaban J connectivity index is 1.67. The highest BCUT2D eigenvalue weighted by atomic mass is 19.1. The van der Waals surface area contributed by atoms with E-state index in [1.807, 2.05) is 18.2 Å². The Bertz CT molecular complexity index is 687. The van der Waals surface area contributed by atoms with Gasteiger partial charge in [0.15, 0.2) is 0 Å². The highest BCUT2D eigenvalue weighted by Crippen LogP contribution is 2.25. The molecule has 1 atom stereocenters. The number of morpholine rings is 1. The quantitative estimate of drug-likeness (QED) is 0.942. The van der Waals surface area contributed by atoms with E-state index in [2.05, 4.69) is 4.90 Å². The second-order valence-electron chi connectivity index (χ2n) is 5.62. The molecule has 4 nitrogen and oxygen atoms in total. The molecule has 1 aliphatic heterocycles. The lowest BCUT2D eigenvalue weighted by Crippen LogP contribution is -2.38. The summed E-state index contributed by atoms with van der Waals surface area (Å²) in [6.07, 6.45) is -0.275. The average molecular weight is 315 g/mol. The minimum atomic E-state index is -0.928. The summed E-state index contributed by atoms with van der Waals surface area (Å²) >= 11 is 0. The van der Waals surface area contributed by atoms with Crippen molar-refractivity contribution < 1.29 is 19.0 Å². The Morgan fingerprint density at radius 2 is 1.96 bits per heavy atom. The van der Waals surface area contributed by atoms with Crippen LogP contribution in [0.3, 0.4) is 0 Å². The number of nitrogens with zero attached hydrogens (tertiary/aromatic N) is 1. The van der Waals surface area contributed by atoms with Crippen molar-refractivity contribution >= 4 is 5.97 Å². The van der Waals surface area contributed by atoms with Gasteiger partial charge >= 0.3 is 5.97 Å². The van der Waals surface area contributed by atoms with Crippen LogP contribution in [0.5, 0.6) is 0 Å². The maximum Gasteiger partial charge on any atom is 0.335 e. The lowest BCUT2D eigenvalue weighted by atomic mass is 10.1. The van der Waals surface area contributed by atoms with Crippen LogP contribution in [0, 0.1) is 5.82 Å². The molecule has 5 heteroatoms. The molecule has 23 heavy (non-hydrogen) atoms. The minimum Gasteiger partial charge on any atom is -0.478 e. The van der Waals surface area contributed by atoms with Gasteiger partial charge in [0, 0.05) is 25.2 Å². The third-order valence-electron chi connectivity index (χ3n) is 4.01. The third-order valence-corrected chi connectivity index (χ3v) is 4.01. The van der Waals surface area contributed by atoms with Crippen LogP contribution in [-0.4, -0.2) is 35.7 Å². The van der Waals surface area contributed by atoms with Crippen LogP contribution < -0.4 is 0 Å². The molecule has 1 aliphatic rings. The van der Waals surface area contributed by atoms with Crippen molar-refractivity contribution in [2.45, 2.75) is 12.6 Å². The van der Waals surface area contributed by atoms with Crippen LogP contribution in [0.2, 0.25) is 0 Å². The van der Waals surface area contributed by atoms with Gasteiger partial charge in [-0.05, 0) is 23.8 Å². The van der Waals surface area contributed by atoms with Crippen molar-refractivity contribution in [3.63, 3.8) is 0 Å². The first-order chi connectivity index (χ1) is 11.1. The molecule has 0 aliphatic carbocycles. The second-order valence-corrected chi connectivity index (χ2v) is 5.62. The molecule has 1 heterocycles. The Kier molecular flexibility index (Phi) is 4.69. The van der Waals surface area contributed by atoms with Crippen LogP contribution in [0.1, 0.15) is 27.6 Å². The Hall–Kier alpha value is -2.24. The molecule has 0 saturated carbocycles. The van der Waals surface area contributed by atoms with E-state index >= 15 is 0 Å². The zero-order chi connectivity index (χ0) is 16.2. The molecule has 120 valence electrons. The topological polar surface area (TPSA) is 49.8 Å². The van der Waals surface area contributed by atoms with Crippen molar-refractivity contribution in [3.8, 4) is 0 Å². The predicted molar refractivity (Wildman–Crippen MR) is 83.8 cm³/mol. The maximum absolute atomic E-state index is 13.9. The van der Waals surface area contributed by atoms with Crippen molar-refractivity contribution in [1.82, 2.24) is 4.90 Å². The maximum atomic E-state index is 13.9. The number of benzene rings is 2. The van der Waals surface area contributed by atoms with E-state index < -0.39 is 5.97 Å². The van der Waals surface area contributed by atoms with Gasteiger partial charge < -0.3 is 9.84 Å². The molecule has 1 unspecified atom stereocenters. The minimum absolute atomic E-state index is 0.245. The summed E-state index contributed by atoms with van der Waals surface area (Å²) in [4.78, 5) is 13.1. The number of ether oxygens (including phenoxy) is 1. The van der Waals surface area contributed by atoms with Gasteiger partial charge in [-0.2, -0.15) is 0 Å². The third kappa shape index (κ3) is 3.75. The van der Waals surface area contributed by atoms with Crippen LogP contribution in [0.15, 0.2) is 48.5 Å². The zero-order valence-corrected chi connectivity index (χ0v) is 12.6. The number of carboxylic acid groups (broad SMARTS) is 1. The molecular weight excluding hydrogens is 297 g/mol. The summed E-state index contributed by atoms with van der Waals surface area (Å²) < 4.78 is 19.6. The summed E-state index contributed by atoms with van der Waals surface area (Å²) in [6, 6.07) is 13.5. The first kappa shape index (κ1) is 15.6. The molecule has 2 aromatic rings. The number of hydrogen-bond acceptors (Lipinski definition) is 3. The van der Waals surface area contributed by atoms with Crippen LogP contribution in [0.4, 0.5) is 4.39 Å². The molecule has 0 bridgehead atoms. The predicted octanol–water partition coefficient (Wildman–Crippen LogP) is 3.10. The molecule has 0 aromatic heterocycles. The van der Waals surface area contributed by atoms with E-state index in [4.69, 9.17) is 9.84 Å². The molecular formula is C18H18FNO3. The largest absolute Gasteiger partial charge is 0.478 e. The smallest absolute Gasteiger partial charge is 0.335 e. The van der Waals surface area contributed by atoms with Gasteiger partial charge in [-0.25, -0.2) is 9.18 Å². The summed E-state index contributed by atoms with van der Waals surface area (Å²) in [7, 11) is 0. The van der Waals surface area contributed by atoms with Gasteiger partial charge in [0.05, 0.1) is 18.3 Å². The number of hydrogen-bond donors (Lipinski definition) is 1. The van der Waals surface area contributed by atoms with Crippen molar-refractivity contribution in [1.29, 1.82) is 0 Å². The van der Waals surface area contributed by atoms with Crippen molar-refractivity contribution in [3.05, 3.63) is 71.0 Å². The molecule has 2 aromatic carbocycles. The first-order valence-electron chi connectivity index (χ1n) is 7.54. The van der Waals surface area contributed by atoms with Crippen molar-refractivity contribution in [2.24, 2.45) is 0 Å². The Morgan fingerprint density at radius 1 is 1.22 bits per heavy atom. The highest BCUT2D eigenvalue weighted by Gasteiger charge is 2.24. The summed E-state index contributed by atoms with van der Waals surface area (Å²) in [5, 5.41) is 8.92. The lowest BCUT2D eigenvalue weighted by Gasteiger charge is -2.33. The summed E-state index contributed by atoms with van der Waals surface area (Å²) in [6.45, 7) is 2.62. The summed E-state index contributed by atoms with van der Waals surface area (Å²) in [5.41, 5.74) is 1.89. The number of rotatable bonds is 4. The SMILES string of the molecule is O=C(O)c1ccc(CN2CCOC(c3ccccc3F)C2)cc1. The van der Waals surface area contributed by atoms with Crippen LogP contribution >= 0.6 is 0 Å². The highest BCUT2D eigenvalue weighted by molar-refractivity contribution is 5.87. The summed E-state index contributed by atoms with van der Waals surface area (Å²) in [5.74, 6) is -1.17. The fourth-order valence-corrected chi connectivity index (χ4v) is 2.78. The molecule has 0 spiro atoms. The van der Waals surface area contributed by atoms with Crippen LogP contribution in [-0.2, 0) is 11.3 Å².